The molecule has 2 fully saturated rings. The summed E-state index contributed by atoms with van der Waals surface area (Å²) in [4.78, 5) is 12.6. The van der Waals surface area contributed by atoms with Crippen LogP contribution in [0.15, 0.2) is 12.7 Å². The molecule has 1 aliphatic heterocycles. The number of hydrogen-bond donors (Lipinski definition) is 1. The molecule has 1 aliphatic carbocycles. The van der Waals surface area contributed by atoms with Crippen molar-refractivity contribution >= 4 is 17.0 Å². The van der Waals surface area contributed by atoms with E-state index < -0.39 is 5.79 Å². The van der Waals surface area contributed by atoms with Crippen LogP contribution in [0.3, 0.4) is 0 Å². The van der Waals surface area contributed by atoms with E-state index in [1.807, 2.05) is 18.4 Å². The molecule has 106 valence electrons. The molecule has 3 atom stereocenters. The molecule has 0 bridgehead atoms. The molecule has 3 unspecified atom stereocenters. The summed E-state index contributed by atoms with van der Waals surface area (Å²) < 4.78 is 14.0. The Bertz CT molecular complexity index is 668. The van der Waals surface area contributed by atoms with Crippen molar-refractivity contribution in [3.8, 4) is 0 Å². The van der Waals surface area contributed by atoms with E-state index in [0.717, 1.165) is 18.5 Å². The van der Waals surface area contributed by atoms with Crippen molar-refractivity contribution in [1.29, 1.82) is 0 Å². The first-order valence-corrected chi connectivity index (χ1v) is 6.84. The van der Waals surface area contributed by atoms with Crippen LogP contribution in [0.4, 0.5) is 5.82 Å². The number of nitrogens with two attached hydrogens (primary N) is 1. The first kappa shape index (κ1) is 12.0. The van der Waals surface area contributed by atoms with Gasteiger partial charge in [-0.15, -0.1) is 0 Å². The molecule has 2 N–H and O–H groups in total. The van der Waals surface area contributed by atoms with E-state index in [1.54, 1.807) is 6.33 Å². The second kappa shape index (κ2) is 3.89. The molecule has 0 aromatic carbocycles. The smallest absolute Gasteiger partial charge is 0.165 e. The van der Waals surface area contributed by atoms with E-state index in [1.165, 1.54) is 6.33 Å². The minimum atomic E-state index is -0.515. The van der Waals surface area contributed by atoms with Gasteiger partial charge in [0.05, 0.1) is 18.5 Å². The Morgan fingerprint density at radius 3 is 2.95 bits per heavy atom. The third kappa shape index (κ3) is 1.63. The lowest BCUT2D eigenvalue weighted by molar-refractivity contribution is -0.155. The second-order valence-corrected chi connectivity index (χ2v) is 5.87. The van der Waals surface area contributed by atoms with Crippen molar-refractivity contribution in [1.82, 2.24) is 19.5 Å². The normalized spacial score (nSPS) is 31.8. The van der Waals surface area contributed by atoms with Gasteiger partial charge in [-0.2, -0.15) is 0 Å². The van der Waals surface area contributed by atoms with Crippen molar-refractivity contribution in [3.05, 3.63) is 12.7 Å². The quantitative estimate of drug-likeness (QED) is 0.843. The number of anilines is 1. The monoisotopic (exact) mass is 275 g/mol. The minimum absolute atomic E-state index is 0.0404. The summed E-state index contributed by atoms with van der Waals surface area (Å²) in [6.07, 6.45) is 5.40. The van der Waals surface area contributed by atoms with Crippen molar-refractivity contribution in [3.63, 3.8) is 0 Å². The van der Waals surface area contributed by atoms with E-state index >= 15 is 0 Å². The predicted molar refractivity (Wildman–Crippen MR) is 71.8 cm³/mol. The zero-order chi connectivity index (χ0) is 13.9. The topological polar surface area (TPSA) is 88.1 Å². The number of rotatable bonds is 1. The number of hydrogen-bond acceptors (Lipinski definition) is 6. The third-order valence-electron chi connectivity index (χ3n) is 4.09. The SMILES string of the molecule is CC1(C)OC2CCC(n3cnc4c(N)ncnc43)C2O1. The Hall–Kier alpha value is -1.73. The molecule has 20 heavy (non-hydrogen) atoms. The van der Waals surface area contributed by atoms with E-state index in [4.69, 9.17) is 15.2 Å². The summed E-state index contributed by atoms with van der Waals surface area (Å²) in [7, 11) is 0. The number of nitrogens with zero attached hydrogens (tertiary/aromatic N) is 4. The Morgan fingerprint density at radius 2 is 2.10 bits per heavy atom. The summed E-state index contributed by atoms with van der Waals surface area (Å²) in [5.41, 5.74) is 7.24. The minimum Gasteiger partial charge on any atom is -0.382 e. The molecule has 2 aliphatic rings. The van der Waals surface area contributed by atoms with Crippen molar-refractivity contribution in [2.75, 3.05) is 5.73 Å². The van der Waals surface area contributed by atoms with Gasteiger partial charge in [-0.05, 0) is 26.7 Å². The summed E-state index contributed by atoms with van der Waals surface area (Å²) in [5, 5.41) is 0. The number of imidazole rings is 1. The maximum Gasteiger partial charge on any atom is 0.165 e. The molecule has 0 spiro atoms. The standard InChI is InChI=1S/C13H17N5O2/c1-13(2)19-8-4-3-7(10(8)20-13)18-6-17-9-11(14)15-5-16-12(9)18/h5-8,10H,3-4H2,1-2H3,(H2,14,15,16). The predicted octanol–water partition coefficient (Wildman–Crippen LogP) is 1.26. The highest BCUT2D eigenvalue weighted by atomic mass is 16.8. The van der Waals surface area contributed by atoms with Gasteiger partial charge in [0.1, 0.15) is 17.9 Å². The largest absolute Gasteiger partial charge is 0.382 e. The van der Waals surface area contributed by atoms with E-state index in [9.17, 15) is 0 Å². The highest BCUT2D eigenvalue weighted by molar-refractivity contribution is 5.81. The average Bonchev–Trinajstić information content (AvgIpc) is 3.01. The first-order chi connectivity index (χ1) is 9.55. The highest BCUT2D eigenvalue weighted by Crippen LogP contribution is 2.44. The zero-order valence-corrected chi connectivity index (χ0v) is 11.5. The molecular formula is C13H17N5O2. The van der Waals surface area contributed by atoms with Crippen LogP contribution in [0.25, 0.3) is 11.2 Å². The fourth-order valence-corrected chi connectivity index (χ4v) is 3.32. The number of nitrogen functional groups attached to an aromatic ring is 1. The van der Waals surface area contributed by atoms with Crippen molar-refractivity contribution < 1.29 is 9.47 Å². The third-order valence-corrected chi connectivity index (χ3v) is 4.09. The Kier molecular flexibility index (Phi) is 2.34. The van der Waals surface area contributed by atoms with E-state index in [2.05, 4.69) is 15.0 Å². The second-order valence-electron chi connectivity index (χ2n) is 5.87. The molecular weight excluding hydrogens is 258 g/mol. The molecule has 2 aromatic rings. The van der Waals surface area contributed by atoms with Gasteiger partial charge in [-0.3, -0.25) is 0 Å². The van der Waals surface area contributed by atoms with Gasteiger partial charge in [-0.1, -0.05) is 0 Å². The van der Waals surface area contributed by atoms with Gasteiger partial charge < -0.3 is 19.8 Å². The summed E-state index contributed by atoms with van der Waals surface area (Å²) in [6.45, 7) is 3.91. The number of ether oxygens (including phenoxy) is 2. The van der Waals surface area contributed by atoms with Crippen molar-refractivity contribution in [2.24, 2.45) is 0 Å². The fraction of sp³-hybridized carbons (Fsp3) is 0.615. The van der Waals surface area contributed by atoms with Crippen LogP contribution in [-0.2, 0) is 9.47 Å². The molecule has 7 heteroatoms. The number of fused-ring (bicyclic) bond motifs is 2. The summed E-state index contributed by atoms with van der Waals surface area (Å²) in [5.74, 6) is -0.106. The Labute approximate surface area is 116 Å². The van der Waals surface area contributed by atoms with Crippen LogP contribution in [0, 0.1) is 0 Å². The summed E-state index contributed by atoms with van der Waals surface area (Å²) >= 11 is 0. The zero-order valence-electron chi connectivity index (χ0n) is 11.5. The van der Waals surface area contributed by atoms with Gasteiger partial charge in [0.25, 0.3) is 0 Å². The molecule has 2 aromatic heterocycles. The molecule has 4 rings (SSSR count). The summed E-state index contributed by atoms with van der Waals surface area (Å²) in [6, 6.07) is 0.182. The lowest BCUT2D eigenvalue weighted by atomic mass is 10.2. The lowest BCUT2D eigenvalue weighted by Gasteiger charge is -2.22. The molecule has 1 saturated heterocycles. The lowest BCUT2D eigenvalue weighted by Crippen LogP contribution is -2.27. The van der Waals surface area contributed by atoms with Gasteiger partial charge in [0.15, 0.2) is 17.3 Å². The molecule has 0 radical (unpaired) electrons. The number of aromatic nitrogens is 4. The van der Waals surface area contributed by atoms with Crippen LogP contribution < -0.4 is 5.73 Å². The fourth-order valence-electron chi connectivity index (χ4n) is 3.32. The van der Waals surface area contributed by atoms with Gasteiger partial charge >= 0.3 is 0 Å². The molecule has 0 amide bonds. The Balaban J connectivity index is 1.75. The van der Waals surface area contributed by atoms with Crippen LogP contribution in [-0.4, -0.2) is 37.5 Å². The van der Waals surface area contributed by atoms with Crippen LogP contribution in [0.5, 0.6) is 0 Å². The maximum atomic E-state index is 6.04. The van der Waals surface area contributed by atoms with Crippen LogP contribution >= 0.6 is 0 Å². The maximum absolute atomic E-state index is 6.04. The van der Waals surface area contributed by atoms with Crippen LogP contribution in [0.1, 0.15) is 32.7 Å². The average molecular weight is 275 g/mol. The molecule has 7 nitrogen and oxygen atoms in total. The van der Waals surface area contributed by atoms with E-state index in [-0.39, 0.29) is 18.2 Å². The van der Waals surface area contributed by atoms with Crippen LogP contribution in [0.2, 0.25) is 0 Å². The molecule has 1 saturated carbocycles. The Morgan fingerprint density at radius 1 is 1.25 bits per heavy atom. The molecule has 3 heterocycles. The highest BCUT2D eigenvalue weighted by Gasteiger charge is 2.49. The van der Waals surface area contributed by atoms with E-state index in [0.29, 0.717) is 11.3 Å². The first-order valence-electron chi connectivity index (χ1n) is 6.84. The van der Waals surface area contributed by atoms with Gasteiger partial charge in [-0.25, -0.2) is 15.0 Å². The van der Waals surface area contributed by atoms with Crippen molar-refractivity contribution in [2.45, 2.75) is 50.7 Å². The van der Waals surface area contributed by atoms with Gasteiger partial charge in [0.2, 0.25) is 0 Å². The van der Waals surface area contributed by atoms with Gasteiger partial charge in [0, 0.05) is 0 Å².